The lowest BCUT2D eigenvalue weighted by molar-refractivity contribution is -0.117. The van der Waals surface area contributed by atoms with E-state index in [1.807, 2.05) is 25.1 Å². The molecule has 0 unspecified atom stereocenters. The van der Waals surface area contributed by atoms with Gasteiger partial charge in [-0.15, -0.1) is 0 Å². The zero-order chi connectivity index (χ0) is 18.0. The third kappa shape index (κ3) is 3.91. The van der Waals surface area contributed by atoms with Crippen molar-refractivity contribution in [3.8, 4) is 5.75 Å². The molecule has 2 heterocycles. The number of hydrogen-bond donors (Lipinski definition) is 0. The summed E-state index contributed by atoms with van der Waals surface area (Å²) in [6.45, 7) is 3.76. The molecule has 0 bridgehead atoms. The molecule has 130 valence electrons. The Morgan fingerprint density at radius 3 is 2.88 bits per heavy atom. The van der Waals surface area contributed by atoms with Crippen molar-refractivity contribution in [1.82, 2.24) is 9.55 Å². The van der Waals surface area contributed by atoms with E-state index in [0.717, 1.165) is 27.2 Å². The van der Waals surface area contributed by atoms with Crippen LogP contribution in [0.2, 0.25) is 5.02 Å². The van der Waals surface area contributed by atoms with Gasteiger partial charge < -0.3 is 4.74 Å². The van der Waals surface area contributed by atoms with E-state index < -0.39 is 0 Å². The molecule has 0 saturated carbocycles. The second kappa shape index (κ2) is 7.37. The van der Waals surface area contributed by atoms with Crippen LogP contribution in [0.5, 0.6) is 5.75 Å². The minimum absolute atomic E-state index is 0.0430. The van der Waals surface area contributed by atoms with Gasteiger partial charge in [-0.05, 0) is 32.0 Å². The van der Waals surface area contributed by atoms with Gasteiger partial charge in [-0.2, -0.15) is 0 Å². The number of aryl methyl sites for hydroxylation is 1. The van der Waals surface area contributed by atoms with Crippen LogP contribution < -0.4 is 9.61 Å². The summed E-state index contributed by atoms with van der Waals surface area (Å²) >= 11 is 7.47. The minimum Gasteiger partial charge on any atom is -0.483 e. The van der Waals surface area contributed by atoms with Gasteiger partial charge in [-0.3, -0.25) is 19.1 Å². The largest absolute Gasteiger partial charge is 0.483 e. The van der Waals surface area contributed by atoms with Crippen LogP contribution in [-0.2, 0) is 11.3 Å². The lowest BCUT2D eigenvalue weighted by Crippen LogP contribution is -2.14. The van der Waals surface area contributed by atoms with Gasteiger partial charge in [0, 0.05) is 25.2 Å². The number of nitrogens with zero attached hydrogens (tertiary/aromatic N) is 2. The number of ketones is 1. The van der Waals surface area contributed by atoms with Crippen molar-refractivity contribution in [2.45, 2.75) is 32.9 Å². The first-order valence-corrected chi connectivity index (χ1v) is 9.05. The Kier molecular flexibility index (Phi) is 5.20. The summed E-state index contributed by atoms with van der Waals surface area (Å²) in [5.74, 6) is 0.550. The van der Waals surface area contributed by atoms with E-state index >= 15 is 0 Å². The van der Waals surface area contributed by atoms with Gasteiger partial charge >= 0.3 is 4.87 Å². The quantitative estimate of drug-likeness (QED) is 0.645. The number of rotatable bonds is 6. The van der Waals surface area contributed by atoms with Gasteiger partial charge in [0.25, 0.3) is 0 Å². The third-order valence-electron chi connectivity index (χ3n) is 3.82. The predicted molar refractivity (Wildman–Crippen MR) is 99.7 cm³/mol. The average Bonchev–Trinajstić information content (AvgIpc) is 2.88. The Labute approximate surface area is 153 Å². The molecule has 0 fully saturated rings. The predicted octanol–water partition coefficient (Wildman–Crippen LogP) is 4.23. The number of fused-ring (bicyclic) bond motifs is 1. The molecule has 3 aromatic rings. The Morgan fingerprint density at radius 1 is 1.40 bits per heavy atom. The van der Waals surface area contributed by atoms with Gasteiger partial charge in [0.2, 0.25) is 0 Å². The highest BCUT2D eigenvalue weighted by molar-refractivity contribution is 7.16. The normalized spacial score (nSPS) is 12.3. The van der Waals surface area contributed by atoms with Crippen LogP contribution in [0.15, 0.2) is 41.3 Å². The topological polar surface area (TPSA) is 61.2 Å². The maximum atomic E-state index is 12.2. The summed E-state index contributed by atoms with van der Waals surface area (Å²) in [4.78, 5) is 27.6. The van der Waals surface area contributed by atoms with E-state index in [1.54, 1.807) is 22.9 Å². The smallest absolute Gasteiger partial charge is 0.308 e. The van der Waals surface area contributed by atoms with Crippen LogP contribution in [0, 0.1) is 0 Å². The van der Waals surface area contributed by atoms with Crippen molar-refractivity contribution in [2.75, 3.05) is 0 Å². The number of ether oxygens (including phenoxy) is 1. The van der Waals surface area contributed by atoms with Crippen molar-refractivity contribution in [3.05, 3.63) is 56.9 Å². The number of aromatic nitrogens is 2. The molecule has 25 heavy (non-hydrogen) atoms. The number of carbonyl (C=O) groups is 1. The molecule has 0 N–H and O–H groups in total. The second-order valence-corrected chi connectivity index (χ2v) is 7.14. The first-order valence-electron chi connectivity index (χ1n) is 7.85. The van der Waals surface area contributed by atoms with Gasteiger partial charge in [0.1, 0.15) is 17.6 Å². The number of hydrogen-bond acceptors (Lipinski definition) is 5. The first kappa shape index (κ1) is 17.6. The molecule has 0 radical (unpaired) electrons. The van der Waals surface area contributed by atoms with Crippen LogP contribution in [0.1, 0.15) is 32.1 Å². The molecule has 0 aliphatic heterocycles. The standard InChI is InChI=1S/C18H17ClN2O3S/c1-11(22)6-8-21-15-9-13(19)16(10-17(15)25-18(21)23)24-12(2)14-5-3-4-7-20-14/h3-5,7,9-10,12H,6,8H2,1-2H3/t12-/m1/s1. The van der Waals surface area contributed by atoms with E-state index in [0.29, 0.717) is 23.7 Å². The van der Waals surface area contributed by atoms with E-state index in [-0.39, 0.29) is 16.8 Å². The number of thiazole rings is 1. The summed E-state index contributed by atoms with van der Waals surface area (Å²) < 4.78 is 8.29. The van der Waals surface area contributed by atoms with E-state index in [1.165, 1.54) is 6.92 Å². The van der Waals surface area contributed by atoms with Crippen LogP contribution in [0.3, 0.4) is 0 Å². The number of benzene rings is 1. The Hall–Kier alpha value is -2.18. The number of Topliss-reactive ketones (excluding diaryl/α,β-unsaturated/α-hetero) is 1. The fraction of sp³-hybridized carbons (Fsp3) is 0.278. The van der Waals surface area contributed by atoms with Gasteiger partial charge in [0.15, 0.2) is 0 Å². The number of halogens is 1. The monoisotopic (exact) mass is 376 g/mol. The molecule has 0 saturated heterocycles. The summed E-state index contributed by atoms with van der Waals surface area (Å²) in [5.41, 5.74) is 1.52. The Balaban J connectivity index is 1.92. The van der Waals surface area contributed by atoms with Gasteiger partial charge in [-0.1, -0.05) is 29.0 Å². The highest BCUT2D eigenvalue weighted by Gasteiger charge is 2.15. The Bertz CT molecular complexity index is 966. The molecule has 1 atom stereocenters. The molecule has 0 aliphatic rings. The van der Waals surface area contributed by atoms with Crippen LogP contribution in [-0.4, -0.2) is 15.3 Å². The summed E-state index contributed by atoms with van der Waals surface area (Å²) in [7, 11) is 0. The molecule has 0 spiro atoms. The second-order valence-electron chi connectivity index (χ2n) is 5.74. The maximum absolute atomic E-state index is 12.2. The van der Waals surface area contributed by atoms with Crippen molar-refractivity contribution in [3.63, 3.8) is 0 Å². The highest BCUT2D eigenvalue weighted by atomic mass is 35.5. The van der Waals surface area contributed by atoms with E-state index in [4.69, 9.17) is 16.3 Å². The Morgan fingerprint density at radius 2 is 2.20 bits per heavy atom. The summed E-state index contributed by atoms with van der Waals surface area (Å²) in [6.07, 6.45) is 1.76. The average molecular weight is 377 g/mol. The zero-order valence-corrected chi connectivity index (χ0v) is 15.4. The molecule has 5 nitrogen and oxygen atoms in total. The summed E-state index contributed by atoms with van der Waals surface area (Å²) in [5, 5.41) is 0.421. The van der Waals surface area contributed by atoms with Crippen LogP contribution in [0.25, 0.3) is 10.2 Å². The SMILES string of the molecule is CC(=O)CCn1c(=O)sc2cc(O[C@H](C)c3ccccn3)c(Cl)cc21. The van der Waals surface area contributed by atoms with Gasteiger partial charge in [-0.25, -0.2) is 0 Å². The summed E-state index contributed by atoms with van der Waals surface area (Å²) in [6, 6.07) is 9.11. The van der Waals surface area contributed by atoms with Crippen molar-refractivity contribution >= 4 is 38.9 Å². The van der Waals surface area contributed by atoms with Crippen LogP contribution in [0.4, 0.5) is 0 Å². The molecule has 3 rings (SSSR count). The number of pyridine rings is 1. The van der Waals surface area contributed by atoms with Crippen molar-refractivity contribution < 1.29 is 9.53 Å². The highest BCUT2D eigenvalue weighted by Crippen LogP contribution is 2.34. The van der Waals surface area contributed by atoms with Crippen molar-refractivity contribution in [1.29, 1.82) is 0 Å². The third-order valence-corrected chi connectivity index (χ3v) is 5.05. The van der Waals surface area contributed by atoms with Crippen molar-refractivity contribution in [2.24, 2.45) is 0 Å². The molecule has 7 heteroatoms. The minimum atomic E-state index is -0.271. The lowest BCUT2D eigenvalue weighted by Gasteiger charge is -2.15. The van der Waals surface area contributed by atoms with E-state index in [2.05, 4.69) is 4.98 Å². The molecule has 0 aliphatic carbocycles. The lowest BCUT2D eigenvalue weighted by atomic mass is 10.2. The molecular formula is C18H17ClN2O3S. The van der Waals surface area contributed by atoms with Crippen LogP contribution >= 0.6 is 22.9 Å². The maximum Gasteiger partial charge on any atom is 0.308 e. The fourth-order valence-corrected chi connectivity index (χ4v) is 3.63. The first-order chi connectivity index (χ1) is 12.0. The molecular weight excluding hydrogens is 360 g/mol. The zero-order valence-electron chi connectivity index (χ0n) is 13.9. The fourth-order valence-electron chi connectivity index (χ4n) is 2.50. The molecule has 2 aromatic heterocycles. The molecule has 0 amide bonds. The van der Waals surface area contributed by atoms with E-state index in [9.17, 15) is 9.59 Å². The van der Waals surface area contributed by atoms with Gasteiger partial charge in [0.05, 0.1) is 20.9 Å². The number of carbonyl (C=O) groups excluding carboxylic acids is 1. The molecule has 1 aromatic carbocycles.